The third-order valence-corrected chi connectivity index (χ3v) is 3.22. The van der Waals surface area contributed by atoms with Gasteiger partial charge in [-0.15, -0.1) is 0 Å². The van der Waals surface area contributed by atoms with Crippen molar-refractivity contribution in [2.24, 2.45) is 5.73 Å². The number of ether oxygens (including phenoxy) is 2. The maximum atomic E-state index is 5.53. The highest BCUT2D eigenvalue weighted by molar-refractivity contribution is 5.87. The van der Waals surface area contributed by atoms with Gasteiger partial charge in [0.1, 0.15) is 0 Å². The van der Waals surface area contributed by atoms with Gasteiger partial charge in [-0.3, -0.25) is 4.98 Å². The summed E-state index contributed by atoms with van der Waals surface area (Å²) in [5.41, 5.74) is 6.62. The molecule has 0 radical (unpaired) electrons. The Balaban J connectivity index is 2.42. The Labute approximate surface area is 113 Å². The van der Waals surface area contributed by atoms with E-state index in [0.29, 0.717) is 0 Å². The lowest BCUT2D eigenvalue weighted by molar-refractivity contribution is 0.356. The molecular formula is C15H20N2O2. The highest BCUT2D eigenvalue weighted by Crippen LogP contribution is 2.33. The van der Waals surface area contributed by atoms with Crippen LogP contribution in [0.4, 0.5) is 0 Å². The molecule has 0 aliphatic carbocycles. The van der Waals surface area contributed by atoms with Crippen LogP contribution in [0.2, 0.25) is 0 Å². The first-order valence-corrected chi connectivity index (χ1v) is 6.50. The lowest BCUT2D eigenvalue weighted by Gasteiger charge is -2.11. The van der Waals surface area contributed by atoms with E-state index < -0.39 is 0 Å². The number of nitrogens with zero attached hydrogens (tertiary/aromatic N) is 1. The highest BCUT2D eigenvalue weighted by Gasteiger charge is 2.09. The summed E-state index contributed by atoms with van der Waals surface area (Å²) in [7, 11) is 3.29. The van der Waals surface area contributed by atoms with E-state index in [1.807, 2.05) is 24.4 Å². The Kier molecular flexibility index (Phi) is 4.58. The normalized spacial score (nSPS) is 10.7. The molecule has 0 unspecified atom stereocenters. The second kappa shape index (κ2) is 6.38. The minimum absolute atomic E-state index is 0.724. The topological polar surface area (TPSA) is 57.4 Å². The van der Waals surface area contributed by atoms with E-state index >= 15 is 0 Å². The molecule has 0 aliphatic rings. The molecule has 0 aliphatic heterocycles. The molecule has 0 saturated heterocycles. The predicted octanol–water partition coefficient (Wildman–Crippen LogP) is 2.53. The molecule has 0 atom stereocenters. The maximum absolute atomic E-state index is 5.53. The van der Waals surface area contributed by atoms with Crippen LogP contribution in [-0.2, 0) is 6.42 Å². The lowest BCUT2D eigenvalue weighted by atomic mass is 10.0. The van der Waals surface area contributed by atoms with Crippen molar-refractivity contribution in [3.63, 3.8) is 0 Å². The fourth-order valence-corrected chi connectivity index (χ4v) is 2.20. The molecule has 1 aromatic carbocycles. The minimum atomic E-state index is 0.724. The number of fused-ring (bicyclic) bond motifs is 1. The van der Waals surface area contributed by atoms with Crippen LogP contribution in [-0.4, -0.2) is 25.7 Å². The smallest absolute Gasteiger partial charge is 0.161 e. The number of benzene rings is 1. The highest BCUT2D eigenvalue weighted by atomic mass is 16.5. The number of aromatic nitrogens is 1. The van der Waals surface area contributed by atoms with Crippen molar-refractivity contribution in [2.45, 2.75) is 19.3 Å². The van der Waals surface area contributed by atoms with E-state index in [1.54, 1.807) is 14.2 Å². The van der Waals surface area contributed by atoms with Crippen molar-refractivity contribution < 1.29 is 9.47 Å². The summed E-state index contributed by atoms with van der Waals surface area (Å²) in [5, 5.41) is 2.24. The number of aryl methyl sites for hydroxylation is 1. The SMILES string of the molecule is COc1cc2ccnc(CCCCN)c2cc1OC. The monoisotopic (exact) mass is 260 g/mol. The molecule has 0 bridgehead atoms. The second-order valence-electron chi connectivity index (χ2n) is 4.43. The summed E-state index contributed by atoms with van der Waals surface area (Å²) >= 11 is 0. The van der Waals surface area contributed by atoms with Crippen LogP contribution in [0, 0.1) is 0 Å². The Hall–Kier alpha value is -1.81. The first kappa shape index (κ1) is 13.6. The van der Waals surface area contributed by atoms with Crippen LogP contribution in [0.1, 0.15) is 18.5 Å². The van der Waals surface area contributed by atoms with Gasteiger partial charge in [-0.05, 0) is 49.4 Å². The molecule has 2 N–H and O–H groups in total. The van der Waals surface area contributed by atoms with Crippen molar-refractivity contribution in [3.8, 4) is 11.5 Å². The van der Waals surface area contributed by atoms with Crippen molar-refractivity contribution in [2.75, 3.05) is 20.8 Å². The van der Waals surface area contributed by atoms with Crippen LogP contribution in [0.15, 0.2) is 24.4 Å². The predicted molar refractivity (Wildman–Crippen MR) is 76.8 cm³/mol. The average molecular weight is 260 g/mol. The molecule has 0 saturated carbocycles. The second-order valence-corrected chi connectivity index (χ2v) is 4.43. The van der Waals surface area contributed by atoms with Crippen LogP contribution in [0.25, 0.3) is 10.8 Å². The number of rotatable bonds is 6. The zero-order valence-corrected chi connectivity index (χ0v) is 11.5. The zero-order chi connectivity index (χ0) is 13.7. The molecule has 2 aromatic rings. The van der Waals surface area contributed by atoms with Crippen molar-refractivity contribution in [1.29, 1.82) is 0 Å². The number of pyridine rings is 1. The van der Waals surface area contributed by atoms with E-state index in [1.165, 1.54) is 0 Å². The van der Waals surface area contributed by atoms with Crippen LogP contribution in [0.3, 0.4) is 0 Å². The summed E-state index contributed by atoms with van der Waals surface area (Å²) in [6.07, 6.45) is 4.85. The molecule has 1 aromatic heterocycles. The van der Waals surface area contributed by atoms with Gasteiger partial charge in [-0.1, -0.05) is 0 Å². The Bertz CT molecular complexity index is 555. The number of hydrogen-bond acceptors (Lipinski definition) is 4. The van der Waals surface area contributed by atoms with Crippen LogP contribution < -0.4 is 15.2 Å². The van der Waals surface area contributed by atoms with E-state index in [2.05, 4.69) is 4.98 Å². The molecule has 1 heterocycles. The summed E-state index contributed by atoms with van der Waals surface area (Å²) < 4.78 is 10.7. The standard InChI is InChI=1S/C15H20N2O2/c1-18-14-9-11-6-8-17-13(5-3-4-7-16)12(11)10-15(14)19-2/h6,8-10H,3-5,7,16H2,1-2H3. The number of nitrogens with two attached hydrogens (primary N) is 1. The van der Waals surface area contributed by atoms with Crippen molar-refractivity contribution in [1.82, 2.24) is 4.98 Å². The van der Waals surface area contributed by atoms with Gasteiger partial charge in [0.05, 0.1) is 14.2 Å². The third-order valence-electron chi connectivity index (χ3n) is 3.22. The molecule has 4 heteroatoms. The van der Waals surface area contributed by atoms with Gasteiger partial charge in [-0.25, -0.2) is 0 Å². The molecule has 4 nitrogen and oxygen atoms in total. The zero-order valence-electron chi connectivity index (χ0n) is 11.5. The van der Waals surface area contributed by atoms with Gasteiger partial charge in [0, 0.05) is 17.3 Å². The van der Waals surface area contributed by atoms with Gasteiger partial charge in [0.25, 0.3) is 0 Å². The molecule has 0 fully saturated rings. The van der Waals surface area contributed by atoms with Crippen molar-refractivity contribution in [3.05, 3.63) is 30.1 Å². The summed E-state index contributed by atoms with van der Waals surface area (Å²) in [5.74, 6) is 1.48. The first-order chi connectivity index (χ1) is 9.30. The fourth-order valence-electron chi connectivity index (χ4n) is 2.20. The fraction of sp³-hybridized carbons (Fsp3) is 0.400. The van der Waals surface area contributed by atoms with Crippen molar-refractivity contribution >= 4 is 10.8 Å². The van der Waals surface area contributed by atoms with Crippen LogP contribution in [0.5, 0.6) is 11.5 Å². The van der Waals surface area contributed by atoms with E-state index in [-0.39, 0.29) is 0 Å². The Morgan fingerprint density at radius 2 is 1.84 bits per heavy atom. The van der Waals surface area contributed by atoms with E-state index in [9.17, 15) is 0 Å². The molecule has 0 spiro atoms. The summed E-state index contributed by atoms with van der Waals surface area (Å²) in [6.45, 7) is 0.724. The van der Waals surface area contributed by atoms with Crippen LogP contribution >= 0.6 is 0 Å². The number of unbranched alkanes of at least 4 members (excludes halogenated alkanes) is 1. The quantitative estimate of drug-likeness (QED) is 0.811. The molecular weight excluding hydrogens is 240 g/mol. The van der Waals surface area contributed by atoms with E-state index in [4.69, 9.17) is 15.2 Å². The minimum Gasteiger partial charge on any atom is -0.493 e. The summed E-state index contributed by atoms with van der Waals surface area (Å²) in [4.78, 5) is 4.47. The largest absolute Gasteiger partial charge is 0.493 e. The van der Waals surface area contributed by atoms with Gasteiger partial charge >= 0.3 is 0 Å². The number of hydrogen-bond donors (Lipinski definition) is 1. The third kappa shape index (κ3) is 2.96. The van der Waals surface area contributed by atoms with Gasteiger partial charge in [0.2, 0.25) is 0 Å². The maximum Gasteiger partial charge on any atom is 0.161 e. The van der Waals surface area contributed by atoms with E-state index in [0.717, 1.165) is 53.8 Å². The van der Waals surface area contributed by atoms with Gasteiger partial charge in [0.15, 0.2) is 11.5 Å². The first-order valence-electron chi connectivity index (χ1n) is 6.50. The Morgan fingerprint density at radius 1 is 1.11 bits per heavy atom. The average Bonchev–Trinajstić information content (AvgIpc) is 2.46. The molecule has 2 rings (SSSR count). The Morgan fingerprint density at radius 3 is 2.53 bits per heavy atom. The van der Waals surface area contributed by atoms with Gasteiger partial charge < -0.3 is 15.2 Å². The number of methoxy groups -OCH3 is 2. The molecule has 19 heavy (non-hydrogen) atoms. The lowest BCUT2D eigenvalue weighted by Crippen LogP contribution is -2.00. The summed E-state index contributed by atoms with van der Waals surface area (Å²) in [6, 6.07) is 5.98. The molecule has 0 amide bonds. The molecule has 102 valence electrons. The van der Waals surface area contributed by atoms with Gasteiger partial charge in [-0.2, -0.15) is 0 Å².